The van der Waals surface area contributed by atoms with Crippen molar-refractivity contribution in [3.63, 3.8) is 0 Å². The fraction of sp³-hybridized carbons (Fsp3) is 0.941. The van der Waals surface area contributed by atoms with Crippen molar-refractivity contribution in [2.24, 2.45) is 17.6 Å². The summed E-state index contributed by atoms with van der Waals surface area (Å²) in [5.74, 6) is 1.36. The smallest absolute Gasteiger partial charge is 0.220 e. The number of nitrogens with zero attached hydrogens (tertiary/aromatic N) is 1. The van der Waals surface area contributed by atoms with E-state index in [2.05, 4.69) is 45.0 Å². The molecular weight excluding hydrogens is 262 g/mol. The van der Waals surface area contributed by atoms with Crippen LogP contribution in [0, 0.1) is 11.8 Å². The first-order chi connectivity index (χ1) is 9.88. The predicted molar refractivity (Wildman–Crippen MR) is 91.2 cm³/mol. The van der Waals surface area contributed by atoms with Gasteiger partial charge >= 0.3 is 0 Å². The molecule has 0 aromatic carbocycles. The van der Waals surface area contributed by atoms with E-state index in [1.807, 2.05) is 0 Å². The zero-order valence-corrected chi connectivity index (χ0v) is 14.8. The number of nitrogens with two attached hydrogens (primary N) is 1. The minimum atomic E-state index is 0.190. The van der Waals surface area contributed by atoms with Crippen LogP contribution >= 0.6 is 0 Å². The highest BCUT2D eigenvalue weighted by atomic mass is 16.1. The maximum atomic E-state index is 11.8. The van der Waals surface area contributed by atoms with Gasteiger partial charge in [0.15, 0.2) is 0 Å². The van der Waals surface area contributed by atoms with E-state index < -0.39 is 0 Å². The van der Waals surface area contributed by atoms with Crippen molar-refractivity contribution in [1.82, 2.24) is 10.2 Å². The second-order valence-corrected chi connectivity index (χ2v) is 6.75. The molecule has 4 heteroatoms. The standard InChI is InChI=1S/C17H37N3O/c1-14(2)16(10-11-18)8-9-17(21)19-12-6-7-13-20(5)15(3)4/h14-16H,6-13,18H2,1-5H3,(H,19,21). The summed E-state index contributed by atoms with van der Waals surface area (Å²) in [4.78, 5) is 14.2. The molecule has 0 aromatic rings. The third kappa shape index (κ3) is 10.7. The van der Waals surface area contributed by atoms with Gasteiger partial charge in [-0.25, -0.2) is 0 Å². The number of rotatable bonds is 12. The van der Waals surface area contributed by atoms with E-state index in [1.54, 1.807) is 0 Å². The van der Waals surface area contributed by atoms with Crippen LogP contribution in [-0.2, 0) is 4.79 Å². The zero-order valence-electron chi connectivity index (χ0n) is 14.8. The molecule has 0 rings (SSSR count). The molecule has 0 aliphatic rings. The average Bonchev–Trinajstić information content (AvgIpc) is 2.42. The van der Waals surface area contributed by atoms with Crippen molar-refractivity contribution in [3.8, 4) is 0 Å². The van der Waals surface area contributed by atoms with Crippen LogP contribution in [0.4, 0.5) is 0 Å². The van der Waals surface area contributed by atoms with Crippen molar-refractivity contribution in [3.05, 3.63) is 0 Å². The summed E-state index contributed by atoms with van der Waals surface area (Å²) in [6, 6.07) is 0.593. The van der Waals surface area contributed by atoms with Gasteiger partial charge in [0.05, 0.1) is 0 Å². The van der Waals surface area contributed by atoms with Gasteiger partial charge < -0.3 is 16.0 Å². The Morgan fingerprint density at radius 1 is 1.14 bits per heavy atom. The van der Waals surface area contributed by atoms with Gasteiger partial charge in [0, 0.05) is 19.0 Å². The number of carbonyl (C=O) groups excluding carboxylic acids is 1. The van der Waals surface area contributed by atoms with Crippen molar-refractivity contribution >= 4 is 5.91 Å². The predicted octanol–water partition coefficient (Wildman–Crippen LogP) is 2.62. The highest BCUT2D eigenvalue weighted by molar-refractivity contribution is 5.75. The molecule has 0 aromatic heterocycles. The third-order valence-corrected chi connectivity index (χ3v) is 4.36. The van der Waals surface area contributed by atoms with Gasteiger partial charge in [-0.3, -0.25) is 4.79 Å². The van der Waals surface area contributed by atoms with Crippen LogP contribution in [0.2, 0.25) is 0 Å². The summed E-state index contributed by atoms with van der Waals surface area (Å²) in [6.45, 7) is 11.4. The van der Waals surface area contributed by atoms with Crippen molar-refractivity contribution < 1.29 is 4.79 Å². The second-order valence-electron chi connectivity index (χ2n) is 6.75. The first-order valence-corrected chi connectivity index (χ1v) is 8.55. The lowest BCUT2D eigenvalue weighted by molar-refractivity contribution is -0.121. The monoisotopic (exact) mass is 299 g/mol. The second kappa shape index (κ2) is 12.0. The minimum absolute atomic E-state index is 0.190. The first kappa shape index (κ1) is 20.4. The van der Waals surface area contributed by atoms with E-state index in [0.717, 1.165) is 38.8 Å². The molecule has 1 atom stereocenters. The maximum Gasteiger partial charge on any atom is 0.220 e. The summed E-state index contributed by atoms with van der Waals surface area (Å²) in [6.07, 6.45) is 4.80. The summed E-state index contributed by atoms with van der Waals surface area (Å²) in [7, 11) is 2.15. The number of amides is 1. The van der Waals surface area contributed by atoms with Gasteiger partial charge in [-0.05, 0) is 71.5 Å². The molecule has 1 unspecified atom stereocenters. The Hall–Kier alpha value is -0.610. The lowest BCUT2D eigenvalue weighted by atomic mass is 9.88. The SMILES string of the molecule is CC(C)C(CCN)CCC(=O)NCCCCN(C)C(C)C. The molecular formula is C17H37N3O. The topological polar surface area (TPSA) is 58.4 Å². The summed E-state index contributed by atoms with van der Waals surface area (Å²) >= 11 is 0. The third-order valence-electron chi connectivity index (χ3n) is 4.36. The summed E-state index contributed by atoms with van der Waals surface area (Å²) in [5.41, 5.74) is 5.63. The molecule has 0 radical (unpaired) electrons. The van der Waals surface area contributed by atoms with E-state index >= 15 is 0 Å². The summed E-state index contributed by atoms with van der Waals surface area (Å²) in [5, 5.41) is 3.03. The molecule has 126 valence electrons. The van der Waals surface area contributed by atoms with Crippen LogP contribution in [0.5, 0.6) is 0 Å². The molecule has 0 spiro atoms. The number of hydrogen-bond donors (Lipinski definition) is 2. The van der Waals surface area contributed by atoms with Gasteiger partial charge in [0.25, 0.3) is 0 Å². The maximum absolute atomic E-state index is 11.8. The molecule has 0 aliphatic heterocycles. The lowest BCUT2D eigenvalue weighted by Crippen LogP contribution is -2.29. The van der Waals surface area contributed by atoms with E-state index in [1.165, 1.54) is 0 Å². The molecule has 0 fully saturated rings. The Morgan fingerprint density at radius 3 is 2.33 bits per heavy atom. The average molecular weight is 300 g/mol. The van der Waals surface area contributed by atoms with Crippen LogP contribution in [-0.4, -0.2) is 43.5 Å². The Balaban J connectivity index is 3.66. The molecule has 0 saturated heterocycles. The van der Waals surface area contributed by atoms with Crippen LogP contribution in [0.3, 0.4) is 0 Å². The van der Waals surface area contributed by atoms with Gasteiger partial charge in [-0.2, -0.15) is 0 Å². The van der Waals surface area contributed by atoms with Crippen LogP contribution in [0.25, 0.3) is 0 Å². The Labute approximate surface area is 131 Å². The molecule has 3 N–H and O–H groups in total. The van der Waals surface area contributed by atoms with Crippen LogP contribution in [0.15, 0.2) is 0 Å². The minimum Gasteiger partial charge on any atom is -0.356 e. The van der Waals surface area contributed by atoms with Gasteiger partial charge in [0.2, 0.25) is 5.91 Å². The highest BCUT2D eigenvalue weighted by Crippen LogP contribution is 2.20. The van der Waals surface area contributed by atoms with E-state index in [4.69, 9.17) is 5.73 Å². The molecule has 21 heavy (non-hydrogen) atoms. The molecule has 0 saturated carbocycles. The van der Waals surface area contributed by atoms with Gasteiger partial charge in [-0.15, -0.1) is 0 Å². The fourth-order valence-corrected chi connectivity index (χ4v) is 2.40. The van der Waals surface area contributed by atoms with Crippen molar-refractivity contribution in [2.75, 3.05) is 26.7 Å². The highest BCUT2D eigenvalue weighted by Gasteiger charge is 2.14. The van der Waals surface area contributed by atoms with Crippen molar-refractivity contribution in [1.29, 1.82) is 0 Å². The quantitative estimate of drug-likeness (QED) is 0.545. The largest absolute Gasteiger partial charge is 0.356 e. The molecule has 4 nitrogen and oxygen atoms in total. The Bertz CT molecular complexity index is 267. The van der Waals surface area contributed by atoms with E-state index in [0.29, 0.717) is 30.8 Å². The molecule has 1 amide bonds. The fourth-order valence-electron chi connectivity index (χ4n) is 2.40. The molecule has 0 bridgehead atoms. The van der Waals surface area contributed by atoms with Crippen LogP contribution in [0.1, 0.15) is 59.8 Å². The molecule has 0 aliphatic carbocycles. The van der Waals surface area contributed by atoms with Crippen molar-refractivity contribution in [2.45, 2.75) is 65.8 Å². The number of nitrogens with one attached hydrogen (secondary N) is 1. The lowest BCUT2D eigenvalue weighted by Gasteiger charge is -2.21. The zero-order chi connectivity index (χ0) is 16.3. The first-order valence-electron chi connectivity index (χ1n) is 8.55. The summed E-state index contributed by atoms with van der Waals surface area (Å²) < 4.78 is 0. The Morgan fingerprint density at radius 2 is 1.81 bits per heavy atom. The number of unbranched alkanes of at least 4 members (excludes halogenated alkanes) is 1. The van der Waals surface area contributed by atoms with Gasteiger partial charge in [0.1, 0.15) is 0 Å². The number of hydrogen-bond acceptors (Lipinski definition) is 3. The van der Waals surface area contributed by atoms with Crippen LogP contribution < -0.4 is 11.1 Å². The molecule has 0 heterocycles. The Kier molecular flexibility index (Phi) is 11.6. The number of carbonyl (C=O) groups is 1. The normalized spacial score (nSPS) is 13.2. The van der Waals surface area contributed by atoms with E-state index in [-0.39, 0.29) is 5.91 Å². The van der Waals surface area contributed by atoms with Gasteiger partial charge in [-0.1, -0.05) is 13.8 Å². The van der Waals surface area contributed by atoms with E-state index in [9.17, 15) is 4.79 Å².